The molecule has 0 aliphatic heterocycles. The minimum Gasteiger partial charge on any atom is -0.468 e. The van der Waals surface area contributed by atoms with Crippen molar-refractivity contribution in [3.8, 4) is 0 Å². The highest BCUT2D eigenvalue weighted by Crippen LogP contribution is 2.02. The number of ether oxygens (including phenoxy) is 1. The van der Waals surface area contributed by atoms with Crippen molar-refractivity contribution in [2.24, 2.45) is 5.92 Å². The summed E-state index contributed by atoms with van der Waals surface area (Å²) in [4.78, 5) is 11.1. The van der Waals surface area contributed by atoms with Gasteiger partial charge in [0, 0.05) is 6.54 Å². The molecular formula is C9H17NO2. The Morgan fingerprint density at radius 3 is 2.58 bits per heavy atom. The third-order valence-corrected chi connectivity index (χ3v) is 1.60. The van der Waals surface area contributed by atoms with E-state index in [4.69, 9.17) is 0 Å². The molecule has 0 aromatic carbocycles. The van der Waals surface area contributed by atoms with E-state index in [0.717, 1.165) is 0 Å². The smallest absolute Gasteiger partial charge is 0.323 e. The second-order valence-corrected chi connectivity index (χ2v) is 2.94. The van der Waals surface area contributed by atoms with Crippen molar-refractivity contribution >= 4 is 5.97 Å². The van der Waals surface area contributed by atoms with Gasteiger partial charge in [0.1, 0.15) is 6.04 Å². The SMILES string of the molecule is C=CCNC(C(=O)OC)C(C)C. The van der Waals surface area contributed by atoms with Crippen molar-refractivity contribution in [2.75, 3.05) is 13.7 Å². The summed E-state index contributed by atoms with van der Waals surface area (Å²) in [6, 6.07) is -0.229. The fourth-order valence-corrected chi connectivity index (χ4v) is 0.928. The Morgan fingerprint density at radius 1 is 1.67 bits per heavy atom. The molecule has 12 heavy (non-hydrogen) atoms. The zero-order valence-corrected chi connectivity index (χ0v) is 7.96. The van der Waals surface area contributed by atoms with Gasteiger partial charge in [0.05, 0.1) is 7.11 Å². The lowest BCUT2D eigenvalue weighted by Crippen LogP contribution is -2.41. The van der Waals surface area contributed by atoms with E-state index in [1.165, 1.54) is 7.11 Å². The summed E-state index contributed by atoms with van der Waals surface area (Å²) in [5.74, 6) is 0.0178. The molecule has 0 bridgehead atoms. The van der Waals surface area contributed by atoms with Crippen LogP contribution in [0.3, 0.4) is 0 Å². The van der Waals surface area contributed by atoms with Gasteiger partial charge in [-0.05, 0) is 5.92 Å². The van der Waals surface area contributed by atoms with E-state index in [2.05, 4.69) is 16.6 Å². The van der Waals surface area contributed by atoms with E-state index >= 15 is 0 Å². The standard InChI is InChI=1S/C9H17NO2/c1-5-6-10-8(7(2)3)9(11)12-4/h5,7-8,10H,1,6H2,2-4H3. The van der Waals surface area contributed by atoms with Crippen LogP contribution in [0.15, 0.2) is 12.7 Å². The largest absolute Gasteiger partial charge is 0.468 e. The van der Waals surface area contributed by atoms with E-state index in [1.807, 2.05) is 13.8 Å². The highest BCUT2D eigenvalue weighted by atomic mass is 16.5. The van der Waals surface area contributed by atoms with Gasteiger partial charge in [0.25, 0.3) is 0 Å². The summed E-state index contributed by atoms with van der Waals surface area (Å²) in [5, 5.41) is 3.03. The molecule has 0 aromatic heterocycles. The Balaban J connectivity index is 4.03. The van der Waals surface area contributed by atoms with Crippen LogP contribution in [-0.4, -0.2) is 25.7 Å². The minimum absolute atomic E-state index is 0.216. The molecule has 0 rings (SSSR count). The molecule has 3 heteroatoms. The lowest BCUT2D eigenvalue weighted by molar-refractivity contribution is -0.144. The first-order chi connectivity index (χ1) is 5.63. The molecule has 0 aliphatic carbocycles. The number of methoxy groups -OCH3 is 1. The molecule has 0 heterocycles. The highest BCUT2D eigenvalue weighted by molar-refractivity contribution is 5.75. The van der Waals surface area contributed by atoms with Gasteiger partial charge in [-0.25, -0.2) is 0 Å². The molecule has 0 amide bonds. The summed E-state index contributed by atoms with van der Waals surface area (Å²) in [6.45, 7) is 8.13. The van der Waals surface area contributed by atoms with E-state index in [-0.39, 0.29) is 17.9 Å². The summed E-state index contributed by atoms with van der Waals surface area (Å²) in [6.07, 6.45) is 1.72. The molecular weight excluding hydrogens is 154 g/mol. The van der Waals surface area contributed by atoms with E-state index in [1.54, 1.807) is 6.08 Å². The Hall–Kier alpha value is -0.830. The number of carbonyl (C=O) groups excluding carboxylic acids is 1. The van der Waals surface area contributed by atoms with Crippen LogP contribution in [0, 0.1) is 5.92 Å². The molecule has 0 saturated carbocycles. The van der Waals surface area contributed by atoms with Crippen LogP contribution in [0.1, 0.15) is 13.8 Å². The molecule has 3 nitrogen and oxygen atoms in total. The summed E-state index contributed by atoms with van der Waals surface area (Å²) >= 11 is 0. The Morgan fingerprint density at radius 2 is 2.25 bits per heavy atom. The molecule has 1 unspecified atom stereocenters. The minimum atomic E-state index is -0.229. The second kappa shape index (κ2) is 5.77. The van der Waals surface area contributed by atoms with Gasteiger partial charge >= 0.3 is 5.97 Å². The maximum atomic E-state index is 11.1. The topological polar surface area (TPSA) is 38.3 Å². The van der Waals surface area contributed by atoms with Crippen molar-refractivity contribution in [2.45, 2.75) is 19.9 Å². The number of nitrogens with one attached hydrogen (secondary N) is 1. The van der Waals surface area contributed by atoms with Crippen LogP contribution < -0.4 is 5.32 Å². The number of carbonyl (C=O) groups is 1. The first-order valence-corrected chi connectivity index (χ1v) is 4.05. The predicted molar refractivity (Wildman–Crippen MR) is 48.8 cm³/mol. The maximum Gasteiger partial charge on any atom is 0.323 e. The number of rotatable bonds is 5. The molecule has 0 aliphatic rings. The van der Waals surface area contributed by atoms with Crippen LogP contribution in [0.25, 0.3) is 0 Å². The van der Waals surface area contributed by atoms with Crippen LogP contribution in [0.2, 0.25) is 0 Å². The zero-order chi connectivity index (χ0) is 9.56. The molecule has 70 valence electrons. The predicted octanol–water partition coefficient (Wildman–Crippen LogP) is 0.960. The number of hydrogen-bond donors (Lipinski definition) is 1. The Kier molecular flexibility index (Phi) is 5.37. The van der Waals surface area contributed by atoms with Gasteiger partial charge < -0.3 is 10.1 Å². The molecule has 0 spiro atoms. The van der Waals surface area contributed by atoms with E-state index in [9.17, 15) is 4.79 Å². The van der Waals surface area contributed by atoms with Crippen molar-refractivity contribution < 1.29 is 9.53 Å². The lowest BCUT2D eigenvalue weighted by Gasteiger charge is -2.18. The van der Waals surface area contributed by atoms with Gasteiger partial charge in [-0.1, -0.05) is 19.9 Å². The monoisotopic (exact) mass is 171 g/mol. The Labute approximate surface area is 73.8 Å². The normalized spacial score (nSPS) is 12.7. The van der Waals surface area contributed by atoms with Crippen LogP contribution >= 0.6 is 0 Å². The summed E-state index contributed by atoms with van der Waals surface area (Å²) < 4.78 is 4.63. The molecule has 0 saturated heterocycles. The first kappa shape index (κ1) is 11.2. The van der Waals surface area contributed by atoms with Crippen molar-refractivity contribution in [1.82, 2.24) is 5.32 Å². The average molecular weight is 171 g/mol. The van der Waals surface area contributed by atoms with Crippen LogP contribution in [0.4, 0.5) is 0 Å². The average Bonchev–Trinajstić information content (AvgIpc) is 2.04. The van der Waals surface area contributed by atoms with Crippen molar-refractivity contribution in [3.63, 3.8) is 0 Å². The second-order valence-electron chi connectivity index (χ2n) is 2.94. The molecule has 1 N–H and O–H groups in total. The van der Waals surface area contributed by atoms with Gasteiger partial charge in [-0.2, -0.15) is 0 Å². The third-order valence-electron chi connectivity index (χ3n) is 1.60. The van der Waals surface area contributed by atoms with Crippen molar-refractivity contribution in [3.05, 3.63) is 12.7 Å². The number of esters is 1. The fourth-order valence-electron chi connectivity index (χ4n) is 0.928. The molecule has 1 atom stereocenters. The number of hydrogen-bond acceptors (Lipinski definition) is 3. The van der Waals surface area contributed by atoms with E-state index in [0.29, 0.717) is 6.54 Å². The summed E-state index contributed by atoms with van der Waals surface area (Å²) in [7, 11) is 1.40. The molecule has 0 aromatic rings. The van der Waals surface area contributed by atoms with Crippen LogP contribution in [0.5, 0.6) is 0 Å². The van der Waals surface area contributed by atoms with E-state index < -0.39 is 0 Å². The van der Waals surface area contributed by atoms with Gasteiger partial charge in [-0.15, -0.1) is 6.58 Å². The molecule has 0 radical (unpaired) electrons. The Bertz CT molecular complexity index is 155. The van der Waals surface area contributed by atoms with Crippen molar-refractivity contribution in [1.29, 1.82) is 0 Å². The molecule has 0 fully saturated rings. The quantitative estimate of drug-likeness (QED) is 0.494. The van der Waals surface area contributed by atoms with Gasteiger partial charge in [0.2, 0.25) is 0 Å². The summed E-state index contributed by atoms with van der Waals surface area (Å²) in [5.41, 5.74) is 0. The maximum absolute atomic E-state index is 11.1. The van der Waals surface area contributed by atoms with Crippen LogP contribution in [-0.2, 0) is 9.53 Å². The fraction of sp³-hybridized carbons (Fsp3) is 0.667. The third kappa shape index (κ3) is 3.53. The first-order valence-electron chi connectivity index (χ1n) is 4.05. The zero-order valence-electron chi connectivity index (χ0n) is 7.96. The van der Waals surface area contributed by atoms with Gasteiger partial charge in [0.15, 0.2) is 0 Å². The van der Waals surface area contributed by atoms with Gasteiger partial charge in [-0.3, -0.25) is 4.79 Å². The highest BCUT2D eigenvalue weighted by Gasteiger charge is 2.21. The lowest BCUT2D eigenvalue weighted by atomic mass is 10.1.